The normalized spacial score (nSPS) is 18.2. The van der Waals surface area contributed by atoms with Gasteiger partial charge in [0.2, 0.25) is 0 Å². The van der Waals surface area contributed by atoms with Crippen LogP contribution in [0.4, 0.5) is 0 Å². The highest BCUT2D eigenvalue weighted by molar-refractivity contribution is 6.32. The summed E-state index contributed by atoms with van der Waals surface area (Å²) >= 11 is 6.64. The molecule has 2 heterocycles. The van der Waals surface area contributed by atoms with Crippen molar-refractivity contribution in [3.63, 3.8) is 0 Å². The molecule has 0 radical (unpaired) electrons. The maximum Gasteiger partial charge on any atom is 0.184 e. The van der Waals surface area contributed by atoms with E-state index in [2.05, 4.69) is 39.1 Å². The van der Waals surface area contributed by atoms with E-state index in [-0.39, 0.29) is 6.04 Å². The van der Waals surface area contributed by atoms with E-state index in [1.165, 1.54) is 0 Å². The first kappa shape index (κ1) is 18.1. The van der Waals surface area contributed by atoms with Crippen molar-refractivity contribution >= 4 is 28.2 Å². The minimum Gasteiger partial charge on any atom is -0.309 e. The summed E-state index contributed by atoms with van der Waals surface area (Å²) in [5.41, 5.74) is 4.82. The third kappa shape index (κ3) is 2.84. The first-order valence-electron chi connectivity index (χ1n) is 8.92. The van der Waals surface area contributed by atoms with Gasteiger partial charge in [0.1, 0.15) is 0 Å². The van der Waals surface area contributed by atoms with E-state index in [1.807, 2.05) is 57.7 Å². The Morgan fingerprint density at radius 2 is 1.78 bits per heavy atom. The molecule has 6 heteroatoms. The van der Waals surface area contributed by atoms with Crippen molar-refractivity contribution < 1.29 is 0 Å². The van der Waals surface area contributed by atoms with Crippen LogP contribution in [0.15, 0.2) is 59.7 Å². The van der Waals surface area contributed by atoms with E-state index in [4.69, 9.17) is 16.6 Å². The van der Waals surface area contributed by atoms with Crippen LogP contribution in [0.25, 0.3) is 10.9 Å². The molecule has 5 nitrogen and oxygen atoms in total. The summed E-state index contributed by atoms with van der Waals surface area (Å²) in [6, 6.07) is 16.0. The zero-order chi connectivity index (χ0) is 19.0. The van der Waals surface area contributed by atoms with Crippen molar-refractivity contribution in [1.82, 2.24) is 20.9 Å². The van der Waals surface area contributed by atoms with Crippen molar-refractivity contribution in [1.29, 1.82) is 0 Å². The zero-order valence-corrected chi connectivity index (χ0v) is 16.3. The maximum absolute atomic E-state index is 6.64. The zero-order valence-electron chi connectivity index (χ0n) is 15.5. The number of halogens is 1. The van der Waals surface area contributed by atoms with Crippen molar-refractivity contribution in [3.8, 4) is 0 Å². The van der Waals surface area contributed by atoms with E-state index in [0.717, 1.165) is 33.3 Å². The summed E-state index contributed by atoms with van der Waals surface area (Å²) in [4.78, 5) is 9.72. The molecule has 1 unspecified atom stereocenters. The second kappa shape index (κ2) is 7.02. The third-order valence-electron chi connectivity index (χ3n) is 5.22. The number of hydrogen-bond donors (Lipinski definition) is 3. The Bertz CT molecular complexity index is 1030. The number of likely N-dealkylation sites (N-methyl/N-ethyl adjacent to an activating group) is 3. The summed E-state index contributed by atoms with van der Waals surface area (Å²) in [5, 5.41) is 11.8. The van der Waals surface area contributed by atoms with Gasteiger partial charge < -0.3 is 5.32 Å². The molecule has 1 aliphatic heterocycles. The van der Waals surface area contributed by atoms with Crippen LogP contribution in [0.3, 0.4) is 0 Å². The average Bonchev–Trinajstić information content (AvgIpc) is 2.72. The molecule has 0 bridgehead atoms. The number of aliphatic imine (C=N–C) groups is 1. The number of fused-ring (bicyclic) bond motifs is 2. The van der Waals surface area contributed by atoms with Crippen LogP contribution in [0, 0.1) is 0 Å². The van der Waals surface area contributed by atoms with Gasteiger partial charge in [-0.3, -0.25) is 15.6 Å². The fourth-order valence-electron chi connectivity index (χ4n) is 3.85. The van der Waals surface area contributed by atoms with E-state index >= 15 is 0 Å². The third-order valence-corrected chi connectivity index (χ3v) is 5.55. The van der Waals surface area contributed by atoms with Gasteiger partial charge in [-0.2, -0.15) is 0 Å². The molecular weight excluding hydrogens is 358 g/mol. The Morgan fingerprint density at radius 3 is 2.52 bits per heavy atom. The summed E-state index contributed by atoms with van der Waals surface area (Å²) in [6.07, 6.45) is 1.88. The minimum atomic E-state index is -0.728. The lowest BCUT2D eigenvalue weighted by Gasteiger charge is -2.42. The molecule has 1 atom stereocenters. The van der Waals surface area contributed by atoms with Gasteiger partial charge in [-0.1, -0.05) is 41.9 Å². The lowest BCUT2D eigenvalue weighted by atomic mass is 9.86. The highest BCUT2D eigenvalue weighted by Gasteiger charge is 2.43. The number of nitrogens with zero attached hydrogens (tertiary/aromatic N) is 2. The molecule has 3 aromatic rings. The van der Waals surface area contributed by atoms with Gasteiger partial charge in [0.25, 0.3) is 0 Å². The standard InChI is InChI=1S/C21H22ClN5/c1-23-20-18-15(8-6-9-16(18)22)19(27-21(20,24-2)25-3)14-11-13-7-4-5-10-17(13)26-12-14/h4-12,20,23-25H,1-3H3. The SMILES string of the molecule is CNC1c2c(Cl)cccc2C(c2cnc3ccccc3c2)=NC1(NC)NC. The van der Waals surface area contributed by atoms with Gasteiger partial charge in [-0.05, 0) is 39.3 Å². The molecule has 0 aliphatic carbocycles. The molecule has 138 valence electrons. The Hall–Kier alpha value is -2.31. The number of para-hydroxylation sites is 1. The van der Waals surface area contributed by atoms with E-state index in [1.54, 1.807) is 0 Å². The molecule has 0 fully saturated rings. The quantitative estimate of drug-likeness (QED) is 0.610. The first-order chi connectivity index (χ1) is 13.1. The van der Waals surface area contributed by atoms with E-state index < -0.39 is 5.79 Å². The highest BCUT2D eigenvalue weighted by Crippen LogP contribution is 2.38. The molecule has 0 spiro atoms. The predicted molar refractivity (Wildman–Crippen MR) is 111 cm³/mol. The molecule has 0 saturated carbocycles. The van der Waals surface area contributed by atoms with Crippen LogP contribution in [0.5, 0.6) is 0 Å². The molecule has 1 aliphatic rings. The molecule has 1 aromatic heterocycles. The van der Waals surface area contributed by atoms with E-state index in [0.29, 0.717) is 5.02 Å². The number of nitrogens with one attached hydrogen (secondary N) is 3. The summed E-state index contributed by atoms with van der Waals surface area (Å²) in [7, 11) is 5.70. The van der Waals surface area contributed by atoms with Gasteiger partial charge in [-0.25, -0.2) is 4.99 Å². The number of aromatic nitrogens is 1. The fraction of sp³-hybridized carbons (Fsp3) is 0.238. The van der Waals surface area contributed by atoms with Crippen LogP contribution in [-0.4, -0.2) is 37.6 Å². The second-order valence-corrected chi connectivity index (χ2v) is 6.97. The van der Waals surface area contributed by atoms with Crippen molar-refractivity contribution in [2.45, 2.75) is 11.8 Å². The van der Waals surface area contributed by atoms with Crippen LogP contribution >= 0.6 is 11.6 Å². The van der Waals surface area contributed by atoms with Crippen LogP contribution in [-0.2, 0) is 0 Å². The average molecular weight is 380 g/mol. The monoisotopic (exact) mass is 379 g/mol. The smallest absolute Gasteiger partial charge is 0.184 e. The maximum atomic E-state index is 6.64. The molecule has 0 amide bonds. The van der Waals surface area contributed by atoms with Crippen molar-refractivity contribution in [3.05, 3.63) is 76.4 Å². The van der Waals surface area contributed by atoms with Gasteiger partial charge in [-0.15, -0.1) is 0 Å². The molecule has 3 N–H and O–H groups in total. The van der Waals surface area contributed by atoms with Crippen LogP contribution in [0.2, 0.25) is 5.02 Å². The molecule has 2 aromatic carbocycles. The predicted octanol–water partition coefficient (Wildman–Crippen LogP) is 3.09. The van der Waals surface area contributed by atoms with Gasteiger partial charge in [0, 0.05) is 33.3 Å². The summed E-state index contributed by atoms with van der Waals surface area (Å²) in [6.45, 7) is 0. The summed E-state index contributed by atoms with van der Waals surface area (Å²) in [5.74, 6) is -0.728. The number of pyridine rings is 1. The first-order valence-corrected chi connectivity index (χ1v) is 9.30. The highest BCUT2D eigenvalue weighted by atomic mass is 35.5. The Morgan fingerprint density at radius 1 is 1.00 bits per heavy atom. The minimum absolute atomic E-state index is 0.131. The second-order valence-electron chi connectivity index (χ2n) is 6.57. The topological polar surface area (TPSA) is 61.3 Å². The summed E-state index contributed by atoms with van der Waals surface area (Å²) < 4.78 is 0. The molecule has 0 saturated heterocycles. The fourth-order valence-corrected chi connectivity index (χ4v) is 4.13. The number of benzene rings is 2. The largest absolute Gasteiger partial charge is 0.309 e. The van der Waals surface area contributed by atoms with Crippen LogP contribution in [0.1, 0.15) is 22.7 Å². The Kier molecular flexibility index (Phi) is 4.70. The van der Waals surface area contributed by atoms with Gasteiger partial charge >= 0.3 is 0 Å². The number of rotatable bonds is 4. The lowest BCUT2D eigenvalue weighted by molar-refractivity contribution is 0.223. The Balaban J connectivity index is 2.00. The van der Waals surface area contributed by atoms with Crippen molar-refractivity contribution in [2.75, 3.05) is 21.1 Å². The van der Waals surface area contributed by atoms with Crippen LogP contribution < -0.4 is 16.0 Å². The van der Waals surface area contributed by atoms with E-state index in [9.17, 15) is 0 Å². The van der Waals surface area contributed by atoms with Gasteiger partial charge in [0.15, 0.2) is 5.79 Å². The van der Waals surface area contributed by atoms with Gasteiger partial charge in [0.05, 0.1) is 17.3 Å². The lowest BCUT2D eigenvalue weighted by Crippen LogP contribution is -2.62. The van der Waals surface area contributed by atoms with Crippen molar-refractivity contribution in [2.24, 2.45) is 4.99 Å². The number of hydrogen-bond acceptors (Lipinski definition) is 5. The molecular formula is C21H22ClN5. The Labute approximate surface area is 163 Å². The molecule has 4 rings (SSSR count). The molecule has 27 heavy (non-hydrogen) atoms.